The van der Waals surface area contributed by atoms with Gasteiger partial charge < -0.3 is 23.8 Å². The van der Waals surface area contributed by atoms with Gasteiger partial charge in [0.05, 0.1) is 46.0 Å². The van der Waals surface area contributed by atoms with E-state index in [0.717, 1.165) is 60.5 Å². The van der Waals surface area contributed by atoms with E-state index in [4.69, 9.17) is 26.8 Å². The van der Waals surface area contributed by atoms with Crippen molar-refractivity contribution < 1.29 is 14.4 Å². The summed E-state index contributed by atoms with van der Waals surface area (Å²) >= 11 is 5.67. The number of rotatable bonds is 6. The second kappa shape index (κ2) is 8.89. The highest BCUT2D eigenvalue weighted by Crippen LogP contribution is 2.28. The first-order valence-corrected chi connectivity index (χ1v) is 10.5. The fourth-order valence-corrected chi connectivity index (χ4v) is 4.09. The van der Waals surface area contributed by atoms with Crippen LogP contribution < -0.4 is 19.3 Å². The van der Waals surface area contributed by atoms with Gasteiger partial charge in [-0.05, 0) is 48.6 Å². The summed E-state index contributed by atoms with van der Waals surface area (Å²) in [6, 6.07) is 16.2. The summed E-state index contributed by atoms with van der Waals surface area (Å²) in [5.41, 5.74) is 2.19. The first-order valence-electron chi connectivity index (χ1n) is 10.1. The van der Waals surface area contributed by atoms with E-state index in [-0.39, 0.29) is 0 Å². The lowest BCUT2D eigenvalue weighted by molar-refractivity contribution is -0.924. The van der Waals surface area contributed by atoms with Crippen molar-refractivity contribution in [2.24, 2.45) is 7.05 Å². The van der Waals surface area contributed by atoms with E-state index in [1.54, 1.807) is 14.2 Å². The summed E-state index contributed by atoms with van der Waals surface area (Å²) in [7, 11) is 5.33. The Morgan fingerprint density at radius 3 is 2.37 bits per heavy atom. The zero-order chi connectivity index (χ0) is 21.1. The van der Waals surface area contributed by atoms with Gasteiger partial charge in [-0.25, -0.2) is 0 Å². The van der Waals surface area contributed by atoms with E-state index < -0.39 is 0 Å². The Morgan fingerprint density at radius 1 is 1.00 bits per heavy atom. The van der Waals surface area contributed by atoms with Crippen molar-refractivity contribution in [2.75, 3.05) is 45.3 Å². The summed E-state index contributed by atoms with van der Waals surface area (Å²) < 4.78 is 15.4. The quantitative estimate of drug-likeness (QED) is 0.611. The van der Waals surface area contributed by atoms with E-state index in [9.17, 15) is 0 Å². The molecule has 0 radical (unpaired) electrons. The average Bonchev–Trinajstić information content (AvgIpc) is 3.08. The number of ether oxygens (including phenoxy) is 2. The highest BCUT2D eigenvalue weighted by Gasteiger charge is 2.22. The number of piperazine rings is 1. The number of nitrogens with one attached hydrogen (secondary N) is 1. The molecular formula is C22H28N5O2S+. The summed E-state index contributed by atoms with van der Waals surface area (Å²) in [6.07, 6.45) is 0. The van der Waals surface area contributed by atoms with E-state index in [2.05, 4.69) is 17.0 Å². The van der Waals surface area contributed by atoms with Crippen molar-refractivity contribution in [3.63, 3.8) is 0 Å². The van der Waals surface area contributed by atoms with E-state index >= 15 is 0 Å². The third-order valence-electron chi connectivity index (χ3n) is 5.67. The molecule has 7 nitrogen and oxygen atoms in total. The van der Waals surface area contributed by atoms with Crippen molar-refractivity contribution in [1.82, 2.24) is 14.3 Å². The lowest BCUT2D eigenvalue weighted by Crippen LogP contribution is -3.14. The molecule has 8 heteroatoms. The minimum absolute atomic E-state index is 0.723. The van der Waals surface area contributed by atoms with Crippen LogP contribution in [-0.2, 0) is 13.7 Å². The van der Waals surface area contributed by atoms with Gasteiger partial charge in [-0.1, -0.05) is 12.1 Å². The summed E-state index contributed by atoms with van der Waals surface area (Å²) in [4.78, 5) is 3.89. The topological polar surface area (TPSA) is 48.9 Å². The van der Waals surface area contributed by atoms with Gasteiger partial charge in [-0.15, -0.1) is 5.10 Å². The van der Waals surface area contributed by atoms with Gasteiger partial charge in [0.2, 0.25) is 4.77 Å². The maximum atomic E-state index is 5.67. The Labute approximate surface area is 182 Å². The Morgan fingerprint density at radius 2 is 1.70 bits per heavy atom. The number of anilines is 1. The molecule has 1 fully saturated rings. The van der Waals surface area contributed by atoms with Gasteiger partial charge in [-0.3, -0.25) is 0 Å². The summed E-state index contributed by atoms with van der Waals surface area (Å²) in [6.45, 7) is 4.84. The number of nitrogens with zero attached hydrogens (tertiary/aromatic N) is 4. The van der Waals surface area contributed by atoms with Gasteiger partial charge in [0.1, 0.15) is 11.5 Å². The van der Waals surface area contributed by atoms with Crippen LogP contribution in [0.3, 0.4) is 0 Å². The molecule has 1 aliphatic rings. The Bertz CT molecular complexity index is 1050. The zero-order valence-corrected chi connectivity index (χ0v) is 18.5. The third-order valence-corrected chi connectivity index (χ3v) is 6.15. The van der Waals surface area contributed by atoms with Gasteiger partial charge in [-0.2, -0.15) is 4.68 Å². The molecule has 0 unspecified atom stereocenters. The van der Waals surface area contributed by atoms with Crippen LogP contribution in [0.1, 0.15) is 0 Å². The monoisotopic (exact) mass is 426 g/mol. The molecule has 0 spiro atoms. The van der Waals surface area contributed by atoms with Crippen LogP contribution in [0.25, 0.3) is 11.4 Å². The minimum Gasteiger partial charge on any atom is -0.497 e. The van der Waals surface area contributed by atoms with Crippen LogP contribution >= 0.6 is 12.2 Å². The number of methoxy groups -OCH3 is 2. The fraction of sp³-hybridized carbons (Fsp3) is 0.364. The molecule has 0 aliphatic carbocycles. The molecule has 0 bridgehead atoms. The average molecular weight is 427 g/mol. The van der Waals surface area contributed by atoms with Crippen molar-refractivity contribution in [3.8, 4) is 22.9 Å². The first-order chi connectivity index (χ1) is 14.6. The Balaban J connectivity index is 1.45. The minimum atomic E-state index is 0.723. The second-order valence-corrected chi connectivity index (χ2v) is 7.82. The fourth-order valence-electron chi connectivity index (χ4n) is 3.90. The van der Waals surface area contributed by atoms with Gasteiger partial charge in [0.15, 0.2) is 12.5 Å². The third kappa shape index (κ3) is 4.06. The van der Waals surface area contributed by atoms with E-state index in [1.807, 2.05) is 52.7 Å². The molecule has 4 rings (SSSR count). The lowest BCUT2D eigenvalue weighted by atomic mass is 10.2. The maximum absolute atomic E-state index is 5.67. The molecule has 1 aliphatic heterocycles. The van der Waals surface area contributed by atoms with Crippen molar-refractivity contribution in [2.45, 2.75) is 6.67 Å². The lowest BCUT2D eigenvalue weighted by Gasteiger charge is -2.33. The summed E-state index contributed by atoms with van der Waals surface area (Å²) in [5, 5.41) is 4.83. The zero-order valence-electron chi connectivity index (χ0n) is 17.7. The van der Waals surface area contributed by atoms with Crippen molar-refractivity contribution in [3.05, 3.63) is 53.3 Å². The van der Waals surface area contributed by atoms with Crippen LogP contribution in [0, 0.1) is 4.77 Å². The normalized spacial score (nSPS) is 14.7. The predicted molar refractivity (Wildman–Crippen MR) is 120 cm³/mol. The Hall–Kier alpha value is -2.84. The number of hydrogen-bond donors (Lipinski definition) is 1. The molecule has 0 atom stereocenters. The molecule has 3 aromatic rings. The molecule has 1 saturated heterocycles. The van der Waals surface area contributed by atoms with E-state index in [1.165, 1.54) is 10.6 Å². The van der Waals surface area contributed by atoms with Gasteiger partial charge in [0.25, 0.3) is 0 Å². The molecular weight excluding hydrogens is 398 g/mol. The molecule has 2 heterocycles. The number of para-hydroxylation sites is 1. The molecule has 1 N–H and O–H groups in total. The number of benzene rings is 2. The largest absolute Gasteiger partial charge is 0.497 e. The van der Waals surface area contributed by atoms with Crippen LogP contribution in [0.4, 0.5) is 5.69 Å². The molecule has 30 heavy (non-hydrogen) atoms. The van der Waals surface area contributed by atoms with E-state index in [0.29, 0.717) is 0 Å². The van der Waals surface area contributed by atoms with Crippen LogP contribution in [0.5, 0.6) is 11.5 Å². The van der Waals surface area contributed by atoms with Crippen LogP contribution in [0.15, 0.2) is 48.5 Å². The second-order valence-electron chi connectivity index (χ2n) is 7.46. The molecule has 158 valence electrons. The SMILES string of the molecule is COc1ccc(N2CC[NH+](Cn3nc(-c4ccccc4OC)n(C)c3=S)CC2)cc1. The predicted octanol–water partition coefficient (Wildman–Crippen LogP) is 2.00. The van der Waals surface area contributed by atoms with Gasteiger partial charge in [0, 0.05) is 12.7 Å². The Kier molecular flexibility index (Phi) is 6.06. The first kappa shape index (κ1) is 20.4. The number of hydrogen-bond acceptors (Lipinski definition) is 5. The molecule has 1 aromatic heterocycles. The molecule has 0 amide bonds. The van der Waals surface area contributed by atoms with Crippen LogP contribution in [0.2, 0.25) is 0 Å². The number of quaternary nitrogens is 1. The summed E-state index contributed by atoms with van der Waals surface area (Å²) in [5.74, 6) is 2.51. The molecule has 0 saturated carbocycles. The number of aromatic nitrogens is 3. The maximum Gasteiger partial charge on any atom is 0.202 e. The van der Waals surface area contributed by atoms with Gasteiger partial charge >= 0.3 is 0 Å². The molecule has 2 aromatic carbocycles. The van der Waals surface area contributed by atoms with Crippen molar-refractivity contribution >= 4 is 17.9 Å². The highest BCUT2D eigenvalue weighted by atomic mass is 32.1. The standard InChI is InChI=1S/C22H27N5O2S/c1-24-21(19-6-4-5-7-20(19)29-3)23-27(22(24)30)16-25-12-14-26(15-13-25)17-8-10-18(28-2)11-9-17/h4-11H,12-16H2,1-3H3/p+1. The smallest absolute Gasteiger partial charge is 0.202 e. The van der Waals surface area contributed by atoms with Crippen molar-refractivity contribution in [1.29, 1.82) is 0 Å². The van der Waals surface area contributed by atoms with Crippen LogP contribution in [-0.4, -0.2) is 54.7 Å². The highest BCUT2D eigenvalue weighted by molar-refractivity contribution is 7.71.